The number of isothiocyanates is 1. The molecule has 68 valence electrons. The molecule has 0 bridgehead atoms. The Kier molecular flexibility index (Phi) is 7.86. The van der Waals surface area contributed by atoms with E-state index in [9.17, 15) is 4.79 Å². The van der Waals surface area contributed by atoms with E-state index < -0.39 is 5.97 Å². The fourth-order valence-corrected chi connectivity index (χ4v) is 0.958. The summed E-state index contributed by atoms with van der Waals surface area (Å²) in [7, 11) is 0. The molecule has 0 unspecified atom stereocenters. The minimum absolute atomic E-state index is 0.274. The van der Waals surface area contributed by atoms with Crippen molar-refractivity contribution >= 4 is 23.3 Å². The summed E-state index contributed by atoms with van der Waals surface area (Å²) in [6.07, 6.45) is 3.99. The van der Waals surface area contributed by atoms with E-state index in [0.29, 0.717) is 0 Å². The van der Waals surface area contributed by atoms with Crippen LogP contribution in [0.15, 0.2) is 4.99 Å². The third-order valence-electron chi connectivity index (χ3n) is 1.48. The molecule has 12 heavy (non-hydrogen) atoms. The minimum atomic E-state index is -0.716. The van der Waals surface area contributed by atoms with Crippen LogP contribution in [0.3, 0.4) is 0 Å². The summed E-state index contributed by atoms with van der Waals surface area (Å²) in [6.45, 7) is 0.719. The number of aliphatic carboxylic acids is 1. The number of aliphatic imine (C=N–C) groups is 1. The number of carboxylic acid groups (broad SMARTS) is 1. The van der Waals surface area contributed by atoms with Crippen molar-refractivity contribution in [2.45, 2.75) is 32.1 Å². The molecule has 0 fully saturated rings. The fraction of sp³-hybridized carbons (Fsp3) is 0.750. The zero-order valence-electron chi connectivity index (χ0n) is 6.95. The molecule has 3 nitrogen and oxygen atoms in total. The predicted octanol–water partition coefficient (Wildman–Crippen LogP) is 2.12. The van der Waals surface area contributed by atoms with Crippen LogP contribution in [0.4, 0.5) is 0 Å². The Balaban J connectivity index is 3.00. The molecule has 0 rings (SSSR count). The summed E-state index contributed by atoms with van der Waals surface area (Å²) >= 11 is 4.39. The second-order valence-electron chi connectivity index (χ2n) is 2.53. The maximum atomic E-state index is 10.1. The molecule has 0 aliphatic carbocycles. The van der Waals surface area contributed by atoms with Gasteiger partial charge in [-0.25, -0.2) is 4.99 Å². The van der Waals surface area contributed by atoms with Crippen LogP contribution < -0.4 is 0 Å². The van der Waals surface area contributed by atoms with Gasteiger partial charge in [0.1, 0.15) is 0 Å². The van der Waals surface area contributed by atoms with E-state index in [1.165, 1.54) is 0 Å². The van der Waals surface area contributed by atoms with Crippen LogP contribution in [-0.4, -0.2) is 22.8 Å². The molecule has 0 aromatic rings. The zero-order chi connectivity index (χ0) is 9.23. The number of unbranched alkanes of at least 4 members (excludes halogenated alkanes) is 3. The largest absolute Gasteiger partial charge is 0.481 e. The first kappa shape index (κ1) is 11.3. The Bertz CT molecular complexity index is 170. The molecule has 0 heterocycles. The van der Waals surface area contributed by atoms with Gasteiger partial charge in [0, 0.05) is 13.0 Å². The molecule has 4 heteroatoms. The van der Waals surface area contributed by atoms with Crippen LogP contribution in [0.5, 0.6) is 0 Å². The molecule has 0 amide bonds. The maximum Gasteiger partial charge on any atom is 0.303 e. The smallest absolute Gasteiger partial charge is 0.303 e. The third-order valence-corrected chi connectivity index (χ3v) is 1.60. The normalized spacial score (nSPS) is 9.00. The van der Waals surface area contributed by atoms with Crippen LogP contribution >= 0.6 is 12.2 Å². The van der Waals surface area contributed by atoms with Gasteiger partial charge >= 0.3 is 5.97 Å². The lowest BCUT2D eigenvalue weighted by Crippen LogP contribution is -1.93. The quantitative estimate of drug-likeness (QED) is 0.377. The van der Waals surface area contributed by atoms with Crippen molar-refractivity contribution in [2.75, 3.05) is 6.54 Å². The number of thiocarbonyl (C=S) groups is 1. The Morgan fingerprint density at radius 1 is 1.33 bits per heavy atom. The van der Waals surface area contributed by atoms with Gasteiger partial charge in [0.15, 0.2) is 0 Å². The van der Waals surface area contributed by atoms with Crippen molar-refractivity contribution in [1.82, 2.24) is 0 Å². The van der Waals surface area contributed by atoms with Crippen LogP contribution in [0.25, 0.3) is 0 Å². The number of carboxylic acids is 1. The highest BCUT2D eigenvalue weighted by Crippen LogP contribution is 2.02. The predicted molar refractivity (Wildman–Crippen MR) is 50.6 cm³/mol. The molecule has 0 saturated heterocycles. The van der Waals surface area contributed by atoms with Crippen LogP contribution in [-0.2, 0) is 4.79 Å². The lowest BCUT2D eigenvalue weighted by atomic mass is 10.1. The summed E-state index contributed by atoms with van der Waals surface area (Å²) in [6, 6.07) is 0. The number of nitrogens with zero attached hydrogens (tertiary/aromatic N) is 1. The van der Waals surface area contributed by atoms with Gasteiger partial charge in [0.2, 0.25) is 0 Å². The average molecular weight is 187 g/mol. The van der Waals surface area contributed by atoms with Crippen LogP contribution in [0, 0.1) is 0 Å². The highest BCUT2D eigenvalue weighted by Gasteiger charge is 1.95. The van der Waals surface area contributed by atoms with Gasteiger partial charge in [-0.2, -0.15) is 0 Å². The highest BCUT2D eigenvalue weighted by molar-refractivity contribution is 7.78. The molecule has 0 spiro atoms. The summed E-state index contributed by atoms with van der Waals surface area (Å²) in [5, 5.41) is 10.6. The van der Waals surface area contributed by atoms with Gasteiger partial charge < -0.3 is 5.11 Å². The molecule has 0 radical (unpaired) electrons. The van der Waals surface area contributed by atoms with E-state index >= 15 is 0 Å². The molecule has 0 aliphatic rings. The second kappa shape index (κ2) is 8.37. The molecule has 0 saturated carbocycles. The summed E-state index contributed by atoms with van der Waals surface area (Å²) in [5.41, 5.74) is 0. The van der Waals surface area contributed by atoms with Crippen molar-refractivity contribution in [3.05, 3.63) is 0 Å². The lowest BCUT2D eigenvalue weighted by molar-refractivity contribution is -0.137. The Morgan fingerprint density at radius 3 is 2.58 bits per heavy atom. The minimum Gasteiger partial charge on any atom is -0.481 e. The molecule has 0 aliphatic heterocycles. The molecule has 0 aromatic heterocycles. The first-order valence-corrected chi connectivity index (χ1v) is 4.43. The molecule has 0 atom stereocenters. The van der Waals surface area contributed by atoms with Crippen molar-refractivity contribution in [1.29, 1.82) is 0 Å². The first-order chi connectivity index (χ1) is 5.77. The van der Waals surface area contributed by atoms with Crippen molar-refractivity contribution in [2.24, 2.45) is 4.99 Å². The number of hydrogen-bond donors (Lipinski definition) is 1. The average Bonchev–Trinajstić information content (AvgIpc) is 2.02. The Morgan fingerprint density at radius 2 is 2.00 bits per heavy atom. The zero-order valence-corrected chi connectivity index (χ0v) is 7.77. The Hall–Kier alpha value is -0.730. The van der Waals surface area contributed by atoms with Crippen LogP contribution in [0.1, 0.15) is 32.1 Å². The maximum absolute atomic E-state index is 10.1. The van der Waals surface area contributed by atoms with Gasteiger partial charge in [0.25, 0.3) is 0 Å². The molecule has 1 N–H and O–H groups in total. The SMILES string of the molecule is O=C(O)CCCCCCN=C=S. The van der Waals surface area contributed by atoms with Crippen molar-refractivity contribution in [3.63, 3.8) is 0 Å². The molecular weight excluding hydrogens is 174 g/mol. The lowest BCUT2D eigenvalue weighted by Gasteiger charge is -1.95. The van der Waals surface area contributed by atoms with E-state index in [2.05, 4.69) is 22.4 Å². The van der Waals surface area contributed by atoms with Gasteiger partial charge in [-0.1, -0.05) is 12.8 Å². The number of carbonyl (C=O) groups is 1. The van der Waals surface area contributed by atoms with Gasteiger partial charge in [-0.3, -0.25) is 4.79 Å². The van der Waals surface area contributed by atoms with Gasteiger partial charge in [0.05, 0.1) is 5.16 Å². The molecular formula is C8H13NO2S. The molecule has 0 aromatic carbocycles. The highest BCUT2D eigenvalue weighted by atomic mass is 32.1. The second-order valence-corrected chi connectivity index (χ2v) is 2.71. The third kappa shape index (κ3) is 9.27. The van der Waals surface area contributed by atoms with E-state index in [-0.39, 0.29) is 6.42 Å². The van der Waals surface area contributed by atoms with E-state index in [4.69, 9.17) is 5.11 Å². The van der Waals surface area contributed by atoms with E-state index in [1.54, 1.807) is 0 Å². The van der Waals surface area contributed by atoms with Crippen LogP contribution in [0.2, 0.25) is 0 Å². The van der Waals surface area contributed by atoms with E-state index in [0.717, 1.165) is 32.2 Å². The van der Waals surface area contributed by atoms with Gasteiger partial charge in [-0.15, -0.1) is 0 Å². The standard InChI is InChI=1S/C8H13NO2S/c10-8(11)5-3-1-2-4-6-9-7-12/h1-6H2,(H,10,11). The van der Waals surface area contributed by atoms with Crippen molar-refractivity contribution in [3.8, 4) is 0 Å². The fourth-order valence-electron chi connectivity index (χ4n) is 0.866. The number of hydrogen-bond acceptors (Lipinski definition) is 3. The summed E-state index contributed by atoms with van der Waals surface area (Å²) < 4.78 is 0. The summed E-state index contributed by atoms with van der Waals surface area (Å²) in [5.74, 6) is -0.716. The first-order valence-electron chi connectivity index (χ1n) is 4.03. The monoisotopic (exact) mass is 187 g/mol. The topological polar surface area (TPSA) is 49.7 Å². The van der Waals surface area contributed by atoms with E-state index in [1.807, 2.05) is 0 Å². The summed E-state index contributed by atoms with van der Waals surface area (Å²) in [4.78, 5) is 13.8. The van der Waals surface area contributed by atoms with Crippen molar-refractivity contribution < 1.29 is 9.90 Å². The number of rotatable bonds is 7. The Labute approximate surface area is 77.5 Å². The van der Waals surface area contributed by atoms with Gasteiger partial charge in [-0.05, 0) is 25.1 Å².